The molecule has 1 aliphatic rings. The Morgan fingerprint density at radius 2 is 2.21 bits per heavy atom. The van der Waals surface area contributed by atoms with Crippen molar-refractivity contribution in [2.24, 2.45) is 12.8 Å². The minimum Gasteiger partial charge on any atom is -0.340 e. The van der Waals surface area contributed by atoms with Gasteiger partial charge in [-0.15, -0.1) is 0 Å². The molecule has 0 aromatic carbocycles. The molecule has 7 nitrogen and oxygen atoms in total. The zero-order chi connectivity index (χ0) is 13.2. The largest absolute Gasteiger partial charge is 0.340 e. The summed E-state index contributed by atoms with van der Waals surface area (Å²) in [6.45, 7) is 3.00. The van der Waals surface area contributed by atoms with Crippen molar-refractivity contribution in [3.05, 3.63) is 18.3 Å². The number of nitrogens with two attached hydrogens (primary N) is 1. The van der Waals surface area contributed by atoms with E-state index in [2.05, 4.69) is 20.0 Å². The van der Waals surface area contributed by atoms with Crippen molar-refractivity contribution in [3.8, 4) is 11.6 Å². The lowest BCUT2D eigenvalue weighted by Crippen LogP contribution is -2.30. The molecule has 0 spiro atoms. The lowest BCUT2D eigenvalue weighted by atomic mass is 10.3. The van der Waals surface area contributed by atoms with Crippen LogP contribution in [0.1, 0.15) is 24.7 Å². The highest BCUT2D eigenvalue weighted by Crippen LogP contribution is 2.18. The number of aryl methyl sites for hydroxylation is 1. The Hall–Kier alpha value is -1.73. The second-order valence-corrected chi connectivity index (χ2v) is 5.00. The van der Waals surface area contributed by atoms with E-state index in [9.17, 15) is 0 Å². The van der Waals surface area contributed by atoms with E-state index in [1.165, 1.54) is 12.8 Å². The highest BCUT2D eigenvalue weighted by molar-refractivity contribution is 5.44. The standard InChI is InChI=1S/C12H18N6O/c1-17-7-10(14-8-17)12-15-11(16-19-12)9(13)6-18-4-2-3-5-18/h7-9H,2-6,13H2,1H3. The van der Waals surface area contributed by atoms with Gasteiger partial charge in [0.2, 0.25) is 0 Å². The molecule has 7 heteroatoms. The Morgan fingerprint density at radius 1 is 1.42 bits per heavy atom. The average Bonchev–Trinajstić information content (AvgIpc) is 3.07. The van der Waals surface area contributed by atoms with Crippen molar-refractivity contribution in [1.82, 2.24) is 24.6 Å². The van der Waals surface area contributed by atoms with Gasteiger partial charge in [0, 0.05) is 19.8 Å². The number of likely N-dealkylation sites (tertiary alicyclic amines) is 1. The van der Waals surface area contributed by atoms with Crippen molar-refractivity contribution in [1.29, 1.82) is 0 Å². The lowest BCUT2D eigenvalue weighted by Gasteiger charge is -2.17. The van der Waals surface area contributed by atoms with Crippen molar-refractivity contribution < 1.29 is 4.52 Å². The Kier molecular flexibility index (Phi) is 3.31. The Bertz CT molecular complexity index is 542. The summed E-state index contributed by atoms with van der Waals surface area (Å²) in [5.41, 5.74) is 6.79. The first-order valence-corrected chi connectivity index (χ1v) is 6.52. The van der Waals surface area contributed by atoms with Crippen LogP contribution in [0.2, 0.25) is 0 Å². The highest BCUT2D eigenvalue weighted by atomic mass is 16.5. The van der Waals surface area contributed by atoms with Crippen molar-refractivity contribution in [3.63, 3.8) is 0 Å². The molecule has 0 radical (unpaired) electrons. The molecule has 0 bridgehead atoms. The van der Waals surface area contributed by atoms with E-state index < -0.39 is 0 Å². The molecule has 1 saturated heterocycles. The summed E-state index contributed by atoms with van der Waals surface area (Å²) < 4.78 is 7.05. The molecule has 1 aliphatic heterocycles. The summed E-state index contributed by atoms with van der Waals surface area (Å²) in [7, 11) is 1.90. The van der Waals surface area contributed by atoms with Gasteiger partial charge in [-0.3, -0.25) is 0 Å². The van der Waals surface area contributed by atoms with E-state index in [0.717, 1.165) is 19.6 Å². The first-order chi connectivity index (χ1) is 9.22. The van der Waals surface area contributed by atoms with Crippen LogP contribution in [0, 0.1) is 0 Å². The molecule has 102 valence electrons. The summed E-state index contributed by atoms with van der Waals surface area (Å²) in [6.07, 6.45) is 6.03. The van der Waals surface area contributed by atoms with Crippen molar-refractivity contribution in [2.75, 3.05) is 19.6 Å². The maximum absolute atomic E-state index is 6.12. The van der Waals surface area contributed by atoms with Crippen molar-refractivity contribution >= 4 is 0 Å². The predicted octanol–water partition coefficient (Wildman–Crippen LogP) is 0.566. The van der Waals surface area contributed by atoms with E-state index in [-0.39, 0.29) is 6.04 Å². The summed E-state index contributed by atoms with van der Waals surface area (Å²) in [6, 6.07) is -0.209. The zero-order valence-corrected chi connectivity index (χ0v) is 11.0. The Balaban J connectivity index is 1.69. The van der Waals surface area contributed by atoms with Gasteiger partial charge in [0.1, 0.15) is 5.69 Å². The van der Waals surface area contributed by atoms with E-state index in [1.807, 2.05) is 17.8 Å². The van der Waals surface area contributed by atoms with Gasteiger partial charge in [-0.1, -0.05) is 5.16 Å². The van der Waals surface area contributed by atoms with Crippen LogP contribution in [0.25, 0.3) is 11.6 Å². The smallest absolute Gasteiger partial charge is 0.278 e. The summed E-state index contributed by atoms with van der Waals surface area (Å²) in [5.74, 6) is 0.972. The molecular weight excluding hydrogens is 244 g/mol. The second kappa shape index (κ2) is 5.10. The van der Waals surface area contributed by atoms with Crippen LogP contribution < -0.4 is 5.73 Å². The molecule has 2 aromatic heterocycles. The molecule has 0 saturated carbocycles. The van der Waals surface area contributed by atoms with Gasteiger partial charge in [-0.2, -0.15) is 4.98 Å². The minimum atomic E-state index is -0.209. The molecule has 0 amide bonds. The fraction of sp³-hybridized carbons (Fsp3) is 0.583. The molecule has 1 unspecified atom stereocenters. The zero-order valence-electron chi connectivity index (χ0n) is 11.0. The van der Waals surface area contributed by atoms with Gasteiger partial charge in [-0.25, -0.2) is 4.98 Å². The third-order valence-corrected chi connectivity index (χ3v) is 3.35. The van der Waals surface area contributed by atoms with Gasteiger partial charge >= 0.3 is 0 Å². The minimum absolute atomic E-state index is 0.209. The number of nitrogens with zero attached hydrogens (tertiary/aromatic N) is 5. The first kappa shape index (κ1) is 12.3. The molecule has 2 aromatic rings. The summed E-state index contributed by atoms with van der Waals surface area (Å²) in [4.78, 5) is 10.8. The normalized spacial score (nSPS) is 18.0. The van der Waals surface area contributed by atoms with Crippen LogP contribution in [-0.2, 0) is 7.05 Å². The third-order valence-electron chi connectivity index (χ3n) is 3.35. The van der Waals surface area contributed by atoms with E-state index in [4.69, 9.17) is 10.3 Å². The Morgan fingerprint density at radius 3 is 2.89 bits per heavy atom. The number of rotatable bonds is 4. The molecule has 2 N–H and O–H groups in total. The van der Waals surface area contributed by atoms with E-state index in [1.54, 1.807) is 6.33 Å². The third kappa shape index (κ3) is 2.66. The quantitative estimate of drug-likeness (QED) is 0.866. The number of imidazole rings is 1. The van der Waals surface area contributed by atoms with Gasteiger partial charge in [-0.05, 0) is 25.9 Å². The molecule has 3 heterocycles. The molecule has 19 heavy (non-hydrogen) atoms. The number of hydrogen-bond acceptors (Lipinski definition) is 6. The van der Waals surface area contributed by atoms with Gasteiger partial charge < -0.3 is 19.7 Å². The molecule has 0 aliphatic carbocycles. The van der Waals surface area contributed by atoms with Gasteiger partial charge in [0.05, 0.1) is 12.4 Å². The highest BCUT2D eigenvalue weighted by Gasteiger charge is 2.20. The Labute approximate surface area is 111 Å². The fourth-order valence-electron chi connectivity index (χ4n) is 2.34. The topological polar surface area (TPSA) is 86.0 Å². The SMILES string of the molecule is Cn1cnc(-c2nc(C(N)CN3CCCC3)no2)c1. The van der Waals surface area contributed by atoms with E-state index in [0.29, 0.717) is 17.4 Å². The van der Waals surface area contributed by atoms with E-state index >= 15 is 0 Å². The maximum Gasteiger partial charge on any atom is 0.278 e. The molecule has 3 rings (SSSR count). The predicted molar refractivity (Wildman–Crippen MR) is 69.1 cm³/mol. The molecule has 1 fully saturated rings. The van der Waals surface area contributed by atoms with Crippen LogP contribution in [0.3, 0.4) is 0 Å². The summed E-state index contributed by atoms with van der Waals surface area (Å²) in [5, 5.41) is 3.96. The molecule has 1 atom stereocenters. The van der Waals surface area contributed by atoms with Crippen LogP contribution in [0.15, 0.2) is 17.0 Å². The van der Waals surface area contributed by atoms with Crippen molar-refractivity contribution in [2.45, 2.75) is 18.9 Å². The molecular formula is C12H18N6O. The monoisotopic (exact) mass is 262 g/mol. The second-order valence-electron chi connectivity index (χ2n) is 5.00. The summed E-state index contributed by atoms with van der Waals surface area (Å²) >= 11 is 0. The van der Waals surface area contributed by atoms with Gasteiger partial charge in [0.15, 0.2) is 5.82 Å². The number of aromatic nitrogens is 4. The van der Waals surface area contributed by atoms with Crippen LogP contribution in [0.4, 0.5) is 0 Å². The van der Waals surface area contributed by atoms with Gasteiger partial charge in [0.25, 0.3) is 5.89 Å². The number of hydrogen-bond donors (Lipinski definition) is 1. The van der Waals surface area contributed by atoms with Crippen LogP contribution in [0.5, 0.6) is 0 Å². The maximum atomic E-state index is 6.12. The first-order valence-electron chi connectivity index (χ1n) is 6.52. The fourth-order valence-corrected chi connectivity index (χ4v) is 2.34. The lowest BCUT2D eigenvalue weighted by molar-refractivity contribution is 0.306. The van der Waals surface area contributed by atoms with Crippen LogP contribution >= 0.6 is 0 Å². The average molecular weight is 262 g/mol. The van der Waals surface area contributed by atoms with Crippen LogP contribution in [-0.4, -0.2) is 44.2 Å².